The number of ketones is 1. The number of carbonyl (C=O) groups excluding carboxylic acids is 3. The lowest BCUT2D eigenvalue weighted by Crippen LogP contribution is -2.60. The number of oxime groups is 1. The van der Waals surface area contributed by atoms with E-state index in [-0.39, 0.29) is 50.3 Å². The topological polar surface area (TPSA) is 188 Å². The molecule has 1 unspecified atom stereocenters. The highest BCUT2D eigenvalue weighted by Crippen LogP contribution is 2.40. The third-order valence-corrected chi connectivity index (χ3v) is 11.8. The van der Waals surface area contributed by atoms with Crippen LogP contribution in [0.4, 0.5) is 0 Å². The molecule has 1 aromatic heterocycles. The maximum atomic E-state index is 14.4. The highest BCUT2D eigenvalue weighted by atomic mass is 16.7. The first-order valence-electron chi connectivity index (χ1n) is 20.0. The molecule has 0 spiro atoms. The molecule has 5 heterocycles. The van der Waals surface area contributed by atoms with E-state index in [1.807, 2.05) is 38.9 Å². The molecule has 1 aromatic rings. The summed E-state index contributed by atoms with van der Waals surface area (Å²) in [5, 5.41) is 28.3. The number of aliphatic imine (C=N–C) groups is 1. The standard InChI is InChI=1S/C42H60N4O11/c1-11-32-42(8,51)37-25(4)33-23(2)20-41(7,53-22-29(21-52-37)45-57-31(38(49)44-33)17-14-16-28-15-12-13-18-43-28)36(26(5)34(47)27(6)39(50)55-32)56-40-35(48)30(46(9)10)19-24(3)54-40/h12-13,15,18,23-27,30-32,35-37,40,48,51H,11,17,19-22H2,1-10H3/b44-33?,45-29-/t23-,24-,25+,26+,27-,30+,31?,32-,35-,36-,37-,40+,41-,42-/m1/s1. The van der Waals surface area contributed by atoms with Crippen molar-refractivity contribution in [1.29, 1.82) is 0 Å². The van der Waals surface area contributed by atoms with Gasteiger partial charge in [-0.05, 0) is 85.0 Å². The van der Waals surface area contributed by atoms with Gasteiger partial charge in [0.05, 0.1) is 43.5 Å². The Kier molecular flexibility index (Phi) is 14.5. The molecule has 15 nitrogen and oxygen atoms in total. The second kappa shape index (κ2) is 18.5. The average molecular weight is 797 g/mol. The van der Waals surface area contributed by atoms with Gasteiger partial charge in [0.1, 0.15) is 35.1 Å². The van der Waals surface area contributed by atoms with Gasteiger partial charge in [-0.2, -0.15) is 0 Å². The highest BCUT2D eigenvalue weighted by molar-refractivity contribution is 6.01. The van der Waals surface area contributed by atoms with Gasteiger partial charge in [0.25, 0.3) is 5.91 Å². The Hall–Kier alpha value is -3.62. The molecule has 2 N–H and O–H groups in total. The number of cyclic esters (lactones) is 1. The van der Waals surface area contributed by atoms with Crippen molar-refractivity contribution in [3.63, 3.8) is 0 Å². The quantitative estimate of drug-likeness (QED) is 0.252. The van der Waals surface area contributed by atoms with E-state index in [4.69, 9.17) is 33.5 Å². The maximum Gasteiger partial charge on any atom is 0.316 e. The van der Waals surface area contributed by atoms with Crippen molar-refractivity contribution in [2.75, 3.05) is 27.3 Å². The molecule has 0 aliphatic carbocycles. The summed E-state index contributed by atoms with van der Waals surface area (Å²) in [7, 11) is 3.73. The lowest BCUT2D eigenvalue weighted by Gasteiger charge is -2.47. The summed E-state index contributed by atoms with van der Waals surface area (Å²) in [4.78, 5) is 59.1. The van der Waals surface area contributed by atoms with Crippen molar-refractivity contribution < 1.29 is 53.1 Å². The summed E-state index contributed by atoms with van der Waals surface area (Å²) in [5.41, 5.74) is -2.10. The summed E-state index contributed by atoms with van der Waals surface area (Å²) in [6.45, 7) is 13.4. The second-order valence-corrected chi connectivity index (χ2v) is 16.7. The van der Waals surface area contributed by atoms with Crippen LogP contribution in [0.5, 0.6) is 0 Å². The first-order chi connectivity index (χ1) is 26.9. The van der Waals surface area contributed by atoms with Gasteiger partial charge in [0.2, 0.25) is 6.10 Å². The highest BCUT2D eigenvalue weighted by Gasteiger charge is 2.53. The number of rotatable bonds is 5. The SMILES string of the molecule is CC[C@H]1OC(=O)[C@H](C)C(=O)[C@H](C)[C@@H](O[C@@H]2O[C@H](C)C[C@H](N(C)C)[C@H]2O)[C@@]2(C)C[C@@H](C)C3=NC(=O)C(CC#Cc4ccccn4)O/N=C(/CO[C@H]([C@H]3C)[C@]1(C)O)CO2. The number of likely N-dealkylation sites (N-methyl/N-ethyl adjacent to an activating group) is 1. The van der Waals surface area contributed by atoms with E-state index in [9.17, 15) is 24.6 Å². The van der Waals surface area contributed by atoms with E-state index < -0.39 is 89.3 Å². The Balaban J connectivity index is 1.68. The number of hydrogen-bond donors (Lipinski definition) is 2. The van der Waals surface area contributed by atoms with Gasteiger partial charge in [-0.25, -0.2) is 9.98 Å². The molecule has 0 radical (unpaired) electrons. The Morgan fingerprint density at radius 2 is 1.79 bits per heavy atom. The zero-order chi connectivity index (χ0) is 41.8. The molecule has 3 saturated heterocycles. The van der Waals surface area contributed by atoms with Crippen LogP contribution in [0.1, 0.15) is 86.8 Å². The van der Waals surface area contributed by atoms with Crippen molar-refractivity contribution in [1.82, 2.24) is 9.88 Å². The fraction of sp³-hybridized carbons (Fsp3) is 0.714. The molecule has 14 atom stereocenters. The molecule has 314 valence electrons. The van der Waals surface area contributed by atoms with E-state index in [2.05, 4.69) is 22.0 Å². The summed E-state index contributed by atoms with van der Waals surface area (Å²) >= 11 is 0. The molecule has 1 amide bonds. The van der Waals surface area contributed by atoms with Crippen molar-refractivity contribution in [3.05, 3.63) is 30.1 Å². The third-order valence-electron chi connectivity index (χ3n) is 11.8. The average Bonchev–Trinajstić information content (AvgIpc) is 3.20. The number of aromatic nitrogens is 1. The van der Waals surface area contributed by atoms with Gasteiger partial charge >= 0.3 is 5.97 Å². The first-order valence-corrected chi connectivity index (χ1v) is 20.0. The van der Waals surface area contributed by atoms with Crippen LogP contribution in [0.2, 0.25) is 0 Å². The Bertz CT molecular complexity index is 1720. The van der Waals surface area contributed by atoms with Crippen LogP contribution in [-0.4, -0.2) is 137 Å². The molecule has 4 aliphatic heterocycles. The summed E-state index contributed by atoms with van der Waals surface area (Å²) in [6, 6.07) is 5.03. The van der Waals surface area contributed by atoms with Crippen molar-refractivity contribution in [2.24, 2.45) is 33.8 Å². The predicted octanol–water partition coefficient (Wildman–Crippen LogP) is 3.12. The zero-order valence-electron chi connectivity index (χ0n) is 34.8. The molecular weight excluding hydrogens is 736 g/mol. The summed E-state index contributed by atoms with van der Waals surface area (Å²) < 4.78 is 32.3. The summed E-state index contributed by atoms with van der Waals surface area (Å²) in [6.07, 6.45) is -4.64. The minimum absolute atomic E-state index is 0.0516. The van der Waals surface area contributed by atoms with Crippen LogP contribution < -0.4 is 0 Å². The number of amides is 1. The number of pyridine rings is 1. The van der Waals surface area contributed by atoms with E-state index in [0.717, 1.165) is 0 Å². The zero-order valence-corrected chi connectivity index (χ0v) is 34.8. The number of fused-ring (bicyclic) bond motifs is 4. The number of aliphatic hydroxyl groups is 2. The number of esters is 1. The molecule has 0 aromatic carbocycles. The smallest absolute Gasteiger partial charge is 0.316 e. The van der Waals surface area contributed by atoms with Crippen LogP contribution in [0.3, 0.4) is 0 Å². The molecular formula is C42H60N4O11. The molecule has 0 saturated carbocycles. The predicted molar refractivity (Wildman–Crippen MR) is 209 cm³/mol. The number of aliphatic hydroxyl groups excluding tert-OH is 1. The van der Waals surface area contributed by atoms with Gasteiger partial charge in [-0.1, -0.05) is 44.8 Å². The number of ether oxygens (including phenoxy) is 5. The third kappa shape index (κ3) is 9.99. The number of nitrogens with zero attached hydrogens (tertiary/aromatic N) is 4. The largest absolute Gasteiger partial charge is 0.459 e. The molecule has 4 bridgehead atoms. The van der Waals surface area contributed by atoms with Crippen LogP contribution in [0, 0.1) is 35.5 Å². The van der Waals surface area contributed by atoms with E-state index in [1.165, 1.54) is 13.8 Å². The maximum absolute atomic E-state index is 14.4. The Labute approximate surface area is 335 Å². The Morgan fingerprint density at radius 1 is 1.05 bits per heavy atom. The van der Waals surface area contributed by atoms with E-state index in [1.54, 1.807) is 46.0 Å². The van der Waals surface area contributed by atoms with E-state index in [0.29, 0.717) is 17.8 Å². The molecule has 5 rings (SSSR count). The lowest BCUT2D eigenvalue weighted by atomic mass is 9.73. The van der Waals surface area contributed by atoms with Gasteiger partial charge in [-0.3, -0.25) is 14.4 Å². The van der Waals surface area contributed by atoms with Gasteiger partial charge in [0.15, 0.2) is 12.1 Å². The normalized spacial score (nSPS) is 40.6. The minimum Gasteiger partial charge on any atom is -0.459 e. The summed E-state index contributed by atoms with van der Waals surface area (Å²) in [5.74, 6) is 0.397. The first kappa shape index (κ1) is 44.5. The Morgan fingerprint density at radius 3 is 2.46 bits per heavy atom. The lowest BCUT2D eigenvalue weighted by molar-refractivity contribution is -0.296. The number of Topliss-reactive ketones (excluding diaryl/α,β-unsaturated/α-hetero) is 1. The molecule has 4 aliphatic rings. The van der Waals surface area contributed by atoms with Crippen molar-refractivity contribution >= 4 is 29.1 Å². The fourth-order valence-electron chi connectivity index (χ4n) is 8.60. The van der Waals surface area contributed by atoms with E-state index >= 15 is 0 Å². The van der Waals surface area contributed by atoms with Gasteiger partial charge in [0, 0.05) is 29.8 Å². The van der Waals surface area contributed by atoms with Gasteiger partial charge < -0.3 is 43.6 Å². The van der Waals surface area contributed by atoms with Crippen LogP contribution in [0.25, 0.3) is 0 Å². The number of carbonyl (C=O) groups is 3. The van der Waals surface area contributed by atoms with Crippen LogP contribution >= 0.6 is 0 Å². The van der Waals surface area contributed by atoms with Crippen molar-refractivity contribution in [2.45, 2.75) is 141 Å². The second-order valence-electron chi connectivity index (χ2n) is 16.7. The molecule has 15 heteroatoms. The number of hydrogen-bond acceptors (Lipinski definition) is 14. The van der Waals surface area contributed by atoms with Crippen molar-refractivity contribution in [3.8, 4) is 11.8 Å². The minimum atomic E-state index is -1.84. The fourth-order valence-corrected chi connectivity index (χ4v) is 8.60. The molecule has 3 fully saturated rings. The van der Waals surface area contributed by atoms with Crippen LogP contribution in [0.15, 0.2) is 34.5 Å². The molecule has 57 heavy (non-hydrogen) atoms. The van der Waals surface area contributed by atoms with Gasteiger partial charge in [-0.15, -0.1) is 0 Å². The monoisotopic (exact) mass is 796 g/mol. The van der Waals surface area contributed by atoms with Crippen LogP contribution in [-0.2, 0) is 42.9 Å².